The summed E-state index contributed by atoms with van der Waals surface area (Å²) in [6.45, 7) is 3.33. The van der Waals surface area contributed by atoms with Gasteiger partial charge in [-0.15, -0.1) is 0 Å². The summed E-state index contributed by atoms with van der Waals surface area (Å²) in [6.07, 6.45) is 4.09. The largest absolute Gasteiger partial charge is 0.496 e. The monoisotopic (exact) mass is 492 g/mol. The number of sulfonamides is 1. The first-order chi connectivity index (χ1) is 16.9. The Morgan fingerprint density at radius 1 is 0.886 bits per heavy atom. The molecule has 3 aromatic carbocycles. The minimum atomic E-state index is -3.96. The number of hydrogen-bond donors (Lipinski definition) is 1. The van der Waals surface area contributed by atoms with Crippen molar-refractivity contribution in [2.75, 3.05) is 20.2 Å². The fourth-order valence-corrected chi connectivity index (χ4v) is 5.66. The lowest BCUT2D eigenvalue weighted by Gasteiger charge is -2.23. The molecular weight excluding hydrogens is 460 g/mol. The standard InChI is InChI=1S/C28H32N2O4S/c1-21-12-14-23(15-13-21)27(22-10-6-5-7-11-22)29-35(32,33)24-16-17-26(34-2)25(20-24)28(31)30-18-8-3-4-9-19-30/h5-7,10-17,20,27,29H,3-4,8-9,18-19H2,1-2H3/t27-/m1/s1. The smallest absolute Gasteiger partial charge is 0.257 e. The number of methoxy groups -OCH3 is 1. The van der Waals surface area contributed by atoms with Crippen molar-refractivity contribution in [3.05, 3.63) is 95.1 Å². The van der Waals surface area contributed by atoms with Crippen LogP contribution in [0.4, 0.5) is 0 Å². The van der Waals surface area contributed by atoms with E-state index in [1.807, 2.05) is 61.5 Å². The molecule has 1 heterocycles. The summed E-state index contributed by atoms with van der Waals surface area (Å²) in [5.41, 5.74) is 3.02. The number of ether oxygens (including phenoxy) is 1. The molecule has 1 aliphatic heterocycles. The zero-order valence-corrected chi connectivity index (χ0v) is 21.1. The first-order valence-electron chi connectivity index (χ1n) is 12.0. The van der Waals surface area contributed by atoms with E-state index >= 15 is 0 Å². The molecule has 1 fully saturated rings. The summed E-state index contributed by atoms with van der Waals surface area (Å²) in [4.78, 5) is 15.2. The Balaban J connectivity index is 1.69. The Morgan fingerprint density at radius 2 is 1.51 bits per heavy atom. The maximum absolute atomic E-state index is 13.6. The van der Waals surface area contributed by atoms with Gasteiger partial charge in [-0.05, 0) is 49.1 Å². The minimum absolute atomic E-state index is 0.0320. The van der Waals surface area contributed by atoms with Crippen LogP contribution in [0.1, 0.15) is 58.8 Å². The number of rotatable bonds is 7. The second kappa shape index (κ2) is 11.1. The van der Waals surface area contributed by atoms with E-state index in [1.54, 1.807) is 11.0 Å². The molecule has 35 heavy (non-hydrogen) atoms. The summed E-state index contributed by atoms with van der Waals surface area (Å²) in [5, 5.41) is 0. The van der Waals surface area contributed by atoms with Gasteiger partial charge in [0.05, 0.1) is 23.6 Å². The van der Waals surface area contributed by atoms with Gasteiger partial charge in [0.25, 0.3) is 5.91 Å². The van der Waals surface area contributed by atoms with Gasteiger partial charge in [-0.1, -0.05) is 73.0 Å². The van der Waals surface area contributed by atoms with Gasteiger partial charge in [0.1, 0.15) is 5.75 Å². The van der Waals surface area contributed by atoms with Crippen molar-refractivity contribution in [1.82, 2.24) is 9.62 Å². The lowest BCUT2D eigenvalue weighted by molar-refractivity contribution is 0.0758. The van der Waals surface area contributed by atoms with Gasteiger partial charge in [-0.25, -0.2) is 8.42 Å². The lowest BCUT2D eigenvalue weighted by atomic mass is 9.99. The molecule has 0 spiro atoms. The number of carbonyl (C=O) groups is 1. The van der Waals surface area contributed by atoms with Crippen LogP contribution in [-0.4, -0.2) is 39.4 Å². The van der Waals surface area contributed by atoms with Crippen molar-refractivity contribution < 1.29 is 17.9 Å². The Hall–Kier alpha value is -3.16. The normalized spacial score (nSPS) is 15.3. The third-order valence-corrected chi connectivity index (χ3v) is 7.84. The van der Waals surface area contributed by atoms with Crippen molar-refractivity contribution in [2.24, 2.45) is 0 Å². The highest BCUT2D eigenvalue weighted by Gasteiger charge is 2.27. The van der Waals surface area contributed by atoms with E-state index in [-0.39, 0.29) is 16.4 Å². The van der Waals surface area contributed by atoms with Crippen LogP contribution < -0.4 is 9.46 Å². The zero-order chi connectivity index (χ0) is 24.8. The molecular formula is C28H32N2O4S. The van der Waals surface area contributed by atoms with Gasteiger partial charge in [-0.3, -0.25) is 4.79 Å². The number of carbonyl (C=O) groups excluding carboxylic acids is 1. The minimum Gasteiger partial charge on any atom is -0.496 e. The third-order valence-electron chi connectivity index (χ3n) is 6.42. The quantitative estimate of drug-likeness (QED) is 0.499. The average Bonchev–Trinajstić information content (AvgIpc) is 3.17. The fraction of sp³-hybridized carbons (Fsp3) is 0.321. The van der Waals surface area contributed by atoms with Crippen LogP contribution in [0.25, 0.3) is 0 Å². The molecule has 0 aromatic heterocycles. The van der Waals surface area contributed by atoms with E-state index in [2.05, 4.69) is 4.72 Å². The first kappa shape index (κ1) is 24.9. The predicted octanol–water partition coefficient (Wildman–Crippen LogP) is 5.09. The molecule has 1 atom stereocenters. The molecule has 0 bridgehead atoms. The van der Waals surface area contributed by atoms with Crippen LogP contribution in [0.3, 0.4) is 0 Å². The van der Waals surface area contributed by atoms with Crippen LogP contribution in [0.15, 0.2) is 77.7 Å². The van der Waals surface area contributed by atoms with Gasteiger partial charge >= 0.3 is 0 Å². The molecule has 7 heteroatoms. The summed E-state index contributed by atoms with van der Waals surface area (Å²) in [6, 6.07) is 21.2. The predicted molar refractivity (Wildman–Crippen MR) is 137 cm³/mol. The summed E-state index contributed by atoms with van der Waals surface area (Å²) >= 11 is 0. The maximum Gasteiger partial charge on any atom is 0.257 e. The number of amides is 1. The molecule has 0 aliphatic carbocycles. The van der Waals surface area contributed by atoms with Gasteiger partial charge in [0.15, 0.2) is 0 Å². The van der Waals surface area contributed by atoms with Crippen LogP contribution in [0, 0.1) is 6.92 Å². The number of benzene rings is 3. The lowest BCUT2D eigenvalue weighted by Crippen LogP contribution is -2.33. The van der Waals surface area contributed by atoms with Crippen molar-refractivity contribution in [3.63, 3.8) is 0 Å². The highest BCUT2D eigenvalue weighted by atomic mass is 32.2. The van der Waals surface area contributed by atoms with E-state index in [1.165, 1.54) is 19.2 Å². The summed E-state index contributed by atoms with van der Waals surface area (Å²) in [5.74, 6) is 0.176. The van der Waals surface area contributed by atoms with E-state index in [4.69, 9.17) is 4.74 Å². The SMILES string of the molecule is COc1ccc(S(=O)(=O)N[C@H](c2ccccc2)c2ccc(C)cc2)cc1C(=O)N1CCCCCC1. The highest BCUT2D eigenvalue weighted by molar-refractivity contribution is 7.89. The van der Waals surface area contributed by atoms with E-state index < -0.39 is 16.1 Å². The van der Waals surface area contributed by atoms with E-state index in [0.717, 1.165) is 42.4 Å². The van der Waals surface area contributed by atoms with Crippen molar-refractivity contribution in [1.29, 1.82) is 0 Å². The van der Waals surface area contributed by atoms with Crippen LogP contribution in [0.5, 0.6) is 5.75 Å². The van der Waals surface area contributed by atoms with E-state index in [9.17, 15) is 13.2 Å². The Bertz CT molecular complexity index is 1250. The maximum atomic E-state index is 13.6. The first-order valence-corrected chi connectivity index (χ1v) is 13.5. The van der Waals surface area contributed by atoms with Gasteiger partial charge in [0, 0.05) is 13.1 Å². The topological polar surface area (TPSA) is 75.7 Å². The molecule has 4 rings (SSSR count). The summed E-state index contributed by atoms with van der Waals surface area (Å²) < 4.78 is 35.5. The Labute approximate surface area is 208 Å². The number of nitrogens with one attached hydrogen (secondary N) is 1. The van der Waals surface area contributed by atoms with E-state index in [0.29, 0.717) is 18.8 Å². The Morgan fingerprint density at radius 3 is 2.14 bits per heavy atom. The molecule has 0 unspecified atom stereocenters. The van der Waals surface area contributed by atoms with Crippen molar-refractivity contribution in [3.8, 4) is 5.75 Å². The van der Waals surface area contributed by atoms with Crippen LogP contribution >= 0.6 is 0 Å². The van der Waals surface area contributed by atoms with Crippen molar-refractivity contribution in [2.45, 2.75) is 43.5 Å². The zero-order valence-electron chi connectivity index (χ0n) is 20.2. The second-order valence-corrected chi connectivity index (χ2v) is 10.7. The molecule has 1 N–H and O–H groups in total. The van der Waals surface area contributed by atoms with Crippen LogP contribution in [0.2, 0.25) is 0 Å². The van der Waals surface area contributed by atoms with Gasteiger partial charge < -0.3 is 9.64 Å². The number of aryl methyl sites for hydroxylation is 1. The molecule has 0 radical (unpaired) electrons. The molecule has 1 aliphatic rings. The molecule has 1 saturated heterocycles. The van der Waals surface area contributed by atoms with Crippen LogP contribution in [-0.2, 0) is 10.0 Å². The number of hydrogen-bond acceptors (Lipinski definition) is 4. The highest BCUT2D eigenvalue weighted by Crippen LogP contribution is 2.28. The number of likely N-dealkylation sites (tertiary alicyclic amines) is 1. The molecule has 1 amide bonds. The fourth-order valence-electron chi connectivity index (χ4n) is 4.42. The summed E-state index contributed by atoms with van der Waals surface area (Å²) in [7, 11) is -2.47. The average molecular weight is 493 g/mol. The number of nitrogens with zero attached hydrogens (tertiary/aromatic N) is 1. The molecule has 6 nitrogen and oxygen atoms in total. The third kappa shape index (κ3) is 5.92. The van der Waals surface area contributed by atoms with Crippen molar-refractivity contribution >= 4 is 15.9 Å². The second-order valence-electron chi connectivity index (χ2n) is 8.94. The van der Waals surface area contributed by atoms with Gasteiger partial charge in [0.2, 0.25) is 10.0 Å². The molecule has 184 valence electrons. The molecule has 3 aromatic rings. The Kier molecular flexibility index (Phi) is 7.88. The van der Waals surface area contributed by atoms with Gasteiger partial charge in [-0.2, -0.15) is 4.72 Å². The molecule has 0 saturated carbocycles.